The SMILES string of the molecule is COc1ccc(C(=O)N[C@@H]2C=C[C@H](c3c(C)nn(-c4ccccc4)c3C)C2)cc1. The fourth-order valence-corrected chi connectivity index (χ4v) is 4.03. The van der Waals surface area contributed by atoms with E-state index in [2.05, 4.69) is 43.4 Å². The van der Waals surface area contributed by atoms with Crippen LogP contribution in [0.3, 0.4) is 0 Å². The Bertz CT molecular complexity index is 1040. The number of carbonyl (C=O) groups is 1. The van der Waals surface area contributed by atoms with Crippen LogP contribution in [0.2, 0.25) is 0 Å². The van der Waals surface area contributed by atoms with Crippen LogP contribution < -0.4 is 10.1 Å². The van der Waals surface area contributed by atoms with Crippen molar-refractivity contribution in [2.75, 3.05) is 7.11 Å². The van der Waals surface area contributed by atoms with Crippen LogP contribution in [0.25, 0.3) is 5.69 Å². The molecule has 0 bridgehead atoms. The first kappa shape index (κ1) is 19.0. The number of carbonyl (C=O) groups excluding carboxylic acids is 1. The second kappa shape index (κ2) is 7.95. The molecule has 29 heavy (non-hydrogen) atoms. The van der Waals surface area contributed by atoms with Crippen LogP contribution in [-0.2, 0) is 0 Å². The normalized spacial score (nSPS) is 18.0. The fourth-order valence-electron chi connectivity index (χ4n) is 4.03. The smallest absolute Gasteiger partial charge is 0.251 e. The molecular weight excluding hydrogens is 362 g/mol. The lowest BCUT2D eigenvalue weighted by molar-refractivity contribution is 0.0944. The number of amides is 1. The van der Waals surface area contributed by atoms with Crippen molar-refractivity contribution in [3.8, 4) is 11.4 Å². The number of benzene rings is 2. The van der Waals surface area contributed by atoms with Gasteiger partial charge in [-0.15, -0.1) is 0 Å². The minimum Gasteiger partial charge on any atom is -0.497 e. The highest BCUT2D eigenvalue weighted by Gasteiger charge is 2.27. The summed E-state index contributed by atoms with van der Waals surface area (Å²) >= 11 is 0. The Labute approximate surface area is 171 Å². The van der Waals surface area contributed by atoms with Crippen LogP contribution in [0, 0.1) is 13.8 Å². The summed E-state index contributed by atoms with van der Waals surface area (Å²) in [5.41, 5.74) is 5.11. The van der Waals surface area contributed by atoms with Crippen molar-refractivity contribution in [1.82, 2.24) is 15.1 Å². The molecule has 1 aromatic heterocycles. The topological polar surface area (TPSA) is 56.1 Å². The molecule has 0 saturated heterocycles. The van der Waals surface area contributed by atoms with E-state index in [1.807, 2.05) is 22.9 Å². The van der Waals surface area contributed by atoms with Gasteiger partial charge in [-0.05, 0) is 56.7 Å². The summed E-state index contributed by atoms with van der Waals surface area (Å²) in [4.78, 5) is 12.6. The fraction of sp³-hybridized carbons (Fsp3) is 0.250. The second-order valence-corrected chi connectivity index (χ2v) is 7.37. The van der Waals surface area contributed by atoms with Crippen molar-refractivity contribution >= 4 is 5.91 Å². The predicted octanol–water partition coefficient (Wildman–Crippen LogP) is 4.34. The van der Waals surface area contributed by atoms with Crippen molar-refractivity contribution < 1.29 is 9.53 Å². The number of para-hydroxylation sites is 1. The van der Waals surface area contributed by atoms with Gasteiger partial charge in [0.05, 0.1) is 18.5 Å². The molecule has 3 aromatic rings. The molecule has 2 atom stereocenters. The number of nitrogens with zero attached hydrogens (tertiary/aromatic N) is 2. The summed E-state index contributed by atoms with van der Waals surface area (Å²) in [5, 5.41) is 7.87. The number of aryl methyl sites for hydroxylation is 1. The molecule has 0 unspecified atom stereocenters. The van der Waals surface area contributed by atoms with Gasteiger partial charge < -0.3 is 10.1 Å². The summed E-state index contributed by atoms with van der Waals surface area (Å²) < 4.78 is 7.15. The molecule has 1 heterocycles. The maximum atomic E-state index is 12.6. The van der Waals surface area contributed by atoms with E-state index in [1.165, 1.54) is 5.56 Å². The highest BCUT2D eigenvalue weighted by atomic mass is 16.5. The largest absolute Gasteiger partial charge is 0.497 e. The minimum absolute atomic E-state index is 0.00785. The first-order valence-corrected chi connectivity index (χ1v) is 9.81. The Kier molecular flexibility index (Phi) is 5.21. The molecule has 5 heteroatoms. The zero-order chi connectivity index (χ0) is 20.4. The van der Waals surface area contributed by atoms with E-state index in [9.17, 15) is 4.79 Å². The van der Waals surface area contributed by atoms with Gasteiger partial charge in [-0.1, -0.05) is 30.4 Å². The van der Waals surface area contributed by atoms with Gasteiger partial charge >= 0.3 is 0 Å². The Morgan fingerprint density at radius 1 is 1.07 bits per heavy atom. The molecule has 0 spiro atoms. The van der Waals surface area contributed by atoms with Crippen molar-refractivity contribution in [3.63, 3.8) is 0 Å². The molecule has 148 valence electrons. The Morgan fingerprint density at radius 3 is 2.48 bits per heavy atom. The molecule has 1 aliphatic rings. The molecular formula is C24H25N3O2. The van der Waals surface area contributed by atoms with Crippen molar-refractivity contribution in [2.45, 2.75) is 32.2 Å². The highest BCUT2D eigenvalue weighted by molar-refractivity contribution is 5.94. The van der Waals surface area contributed by atoms with E-state index in [1.54, 1.807) is 31.4 Å². The number of ether oxygens (including phenoxy) is 1. The van der Waals surface area contributed by atoms with Crippen LogP contribution in [0.15, 0.2) is 66.7 Å². The molecule has 1 N–H and O–H groups in total. The summed E-state index contributed by atoms with van der Waals surface area (Å²) in [5.74, 6) is 0.911. The van der Waals surface area contributed by atoms with Crippen molar-refractivity contribution in [3.05, 3.63) is 89.3 Å². The quantitative estimate of drug-likeness (QED) is 0.663. The van der Waals surface area contributed by atoms with Crippen LogP contribution in [-0.4, -0.2) is 28.8 Å². The number of nitrogens with one attached hydrogen (secondary N) is 1. The number of rotatable bonds is 5. The maximum Gasteiger partial charge on any atom is 0.251 e. The zero-order valence-corrected chi connectivity index (χ0v) is 16.9. The van der Waals surface area contributed by atoms with E-state index in [0.717, 1.165) is 29.2 Å². The lowest BCUT2D eigenvalue weighted by atomic mass is 9.96. The molecule has 1 amide bonds. The van der Waals surface area contributed by atoms with Gasteiger partial charge in [-0.25, -0.2) is 4.68 Å². The number of methoxy groups -OCH3 is 1. The number of hydrogen-bond donors (Lipinski definition) is 1. The first-order chi connectivity index (χ1) is 14.1. The molecule has 0 radical (unpaired) electrons. The van der Waals surface area contributed by atoms with E-state index in [4.69, 9.17) is 9.84 Å². The van der Waals surface area contributed by atoms with E-state index in [-0.39, 0.29) is 17.9 Å². The molecule has 0 fully saturated rings. The second-order valence-electron chi connectivity index (χ2n) is 7.37. The summed E-state index contributed by atoms with van der Waals surface area (Å²) in [6.45, 7) is 4.16. The highest BCUT2D eigenvalue weighted by Crippen LogP contribution is 2.34. The Balaban J connectivity index is 1.47. The third kappa shape index (κ3) is 3.81. The summed E-state index contributed by atoms with van der Waals surface area (Å²) in [6, 6.07) is 17.3. The van der Waals surface area contributed by atoms with E-state index in [0.29, 0.717) is 5.56 Å². The van der Waals surface area contributed by atoms with Crippen LogP contribution in [0.4, 0.5) is 0 Å². The molecule has 1 aliphatic carbocycles. The third-order valence-electron chi connectivity index (χ3n) is 5.47. The van der Waals surface area contributed by atoms with Crippen LogP contribution in [0.1, 0.15) is 39.6 Å². The van der Waals surface area contributed by atoms with Crippen molar-refractivity contribution in [1.29, 1.82) is 0 Å². The maximum absolute atomic E-state index is 12.6. The van der Waals surface area contributed by atoms with Crippen molar-refractivity contribution in [2.24, 2.45) is 0 Å². The monoisotopic (exact) mass is 387 g/mol. The molecule has 0 saturated carbocycles. The zero-order valence-electron chi connectivity index (χ0n) is 16.9. The van der Waals surface area contributed by atoms with Gasteiger partial charge in [0.1, 0.15) is 5.75 Å². The van der Waals surface area contributed by atoms with Gasteiger partial charge in [0.15, 0.2) is 0 Å². The standard InChI is InChI=1S/C24H25N3O2/c1-16-23(17(2)27(26-16)21-7-5-4-6-8-21)19-9-12-20(15-19)25-24(28)18-10-13-22(29-3)14-11-18/h4-14,19-20H,15H2,1-3H3,(H,25,28)/t19-,20+/m0/s1. The van der Waals surface area contributed by atoms with Gasteiger partial charge in [-0.2, -0.15) is 5.10 Å². The first-order valence-electron chi connectivity index (χ1n) is 9.81. The summed E-state index contributed by atoms with van der Waals surface area (Å²) in [6.07, 6.45) is 5.11. The average Bonchev–Trinajstić information content (AvgIpc) is 3.32. The average molecular weight is 387 g/mol. The number of hydrogen-bond acceptors (Lipinski definition) is 3. The molecule has 2 aromatic carbocycles. The third-order valence-corrected chi connectivity index (χ3v) is 5.47. The van der Waals surface area contributed by atoms with Crippen LogP contribution in [0.5, 0.6) is 5.75 Å². The lowest BCUT2D eigenvalue weighted by Gasteiger charge is -2.15. The van der Waals surface area contributed by atoms with Gasteiger partial charge in [-0.3, -0.25) is 4.79 Å². The lowest BCUT2D eigenvalue weighted by Crippen LogP contribution is -2.32. The Morgan fingerprint density at radius 2 is 1.79 bits per heavy atom. The van der Waals surface area contributed by atoms with Crippen LogP contribution >= 0.6 is 0 Å². The van der Waals surface area contributed by atoms with Gasteiger partial charge in [0.25, 0.3) is 5.91 Å². The molecule has 4 rings (SSSR count). The number of aromatic nitrogens is 2. The molecule has 0 aliphatic heterocycles. The van der Waals surface area contributed by atoms with E-state index >= 15 is 0 Å². The van der Waals surface area contributed by atoms with E-state index < -0.39 is 0 Å². The minimum atomic E-state index is -0.0728. The number of allylic oxidation sites excluding steroid dienone is 1. The molecule has 5 nitrogen and oxygen atoms in total. The Hall–Kier alpha value is -3.34. The van der Waals surface area contributed by atoms with Gasteiger partial charge in [0, 0.05) is 28.8 Å². The van der Waals surface area contributed by atoms with Gasteiger partial charge in [0.2, 0.25) is 0 Å². The summed E-state index contributed by atoms with van der Waals surface area (Å²) in [7, 11) is 1.61. The predicted molar refractivity (Wildman–Crippen MR) is 114 cm³/mol.